The van der Waals surface area contributed by atoms with Gasteiger partial charge >= 0.3 is 0 Å². The molecule has 122 valence electrons. The molecule has 0 saturated carbocycles. The smallest absolute Gasteiger partial charge is 0.200 e. The minimum Gasteiger partial charge on any atom is -0.496 e. The van der Waals surface area contributed by atoms with Crippen LogP contribution in [0.1, 0.15) is 15.9 Å². The van der Waals surface area contributed by atoms with E-state index in [0.717, 1.165) is 0 Å². The maximum atomic E-state index is 13.0. The second-order valence-electron chi connectivity index (χ2n) is 5.64. The Labute approximate surface area is 143 Å². The average molecular weight is 330 g/mol. The molecule has 4 nitrogen and oxygen atoms in total. The van der Waals surface area contributed by atoms with Crippen LogP contribution in [0.4, 0.5) is 0 Å². The molecule has 0 fully saturated rings. The van der Waals surface area contributed by atoms with Gasteiger partial charge in [0.1, 0.15) is 16.9 Å². The molecule has 1 aromatic heterocycles. The predicted octanol–water partition coefficient (Wildman–Crippen LogP) is 4.19. The fourth-order valence-corrected chi connectivity index (χ4v) is 2.98. The van der Waals surface area contributed by atoms with Gasteiger partial charge < -0.3 is 9.15 Å². The zero-order valence-electron chi connectivity index (χ0n) is 13.5. The molecule has 3 aromatic carbocycles. The number of methoxy groups -OCH3 is 1. The molecule has 0 unspecified atom stereocenters. The van der Waals surface area contributed by atoms with E-state index in [4.69, 9.17) is 9.15 Å². The monoisotopic (exact) mass is 330 g/mol. The van der Waals surface area contributed by atoms with E-state index in [1.165, 1.54) is 7.11 Å². The van der Waals surface area contributed by atoms with Gasteiger partial charge in [-0.05, 0) is 36.4 Å². The molecule has 1 heterocycles. The number of benzene rings is 3. The highest BCUT2D eigenvalue weighted by Crippen LogP contribution is 2.27. The van der Waals surface area contributed by atoms with E-state index >= 15 is 0 Å². The second-order valence-corrected chi connectivity index (χ2v) is 5.64. The van der Waals surface area contributed by atoms with Crippen LogP contribution >= 0.6 is 0 Å². The molecule has 0 saturated heterocycles. The van der Waals surface area contributed by atoms with Crippen molar-refractivity contribution in [2.45, 2.75) is 0 Å². The van der Waals surface area contributed by atoms with Crippen molar-refractivity contribution >= 4 is 27.7 Å². The number of carbonyl (C=O) groups excluding carboxylic acids is 1. The summed E-state index contributed by atoms with van der Waals surface area (Å²) < 4.78 is 11.2. The van der Waals surface area contributed by atoms with Gasteiger partial charge in [-0.15, -0.1) is 0 Å². The highest BCUT2D eigenvalue weighted by molar-refractivity contribution is 6.16. The van der Waals surface area contributed by atoms with Crippen LogP contribution in [-0.2, 0) is 0 Å². The third-order valence-electron chi connectivity index (χ3n) is 4.20. The summed E-state index contributed by atoms with van der Waals surface area (Å²) in [5.74, 6) is 0.231. The van der Waals surface area contributed by atoms with Gasteiger partial charge in [0, 0.05) is 0 Å². The first kappa shape index (κ1) is 15.1. The number of hydrogen-bond donors (Lipinski definition) is 0. The Bertz CT molecular complexity index is 1170. The summed E-state index contributed by atoms with van der Waals surface area (Å²) in [4.78, 5) is 25.8. The topological polar surface area (TPSA) is 56.5 Å². The van der Waals surface area contributed by atoms with Crippen molar-refractivity contribution in [1.29, 1.82) is 0 Å². The minimum atomic E-state index is -0.249. The second kappa shape index (κ2) is 5.91. The summed E-state index contributed by atoms with van der Waals surface area (Å²) in [6, 6.07) is 19.0. The summed E-state index contributed by atoms with van der Waals surface area (Å²) in [7, 11) is 1.52. The fraction of sp³-hybridized carbons (Fsp3) is 0.0476. The summed E-state index contributed by atoms with van der Waals surface area (Å²) in [5.41, 5.74) is 1.37. The third kappa shape index (κ3) is 2.39. The Balaban J connectivity index is 2.02. The molecule has 0 aliphatic heterocycles. The molecule has 4 rings (SSSR count). The van der Waals surface area contributed by atoms with E-state index in [2.05, 4.69) is 0 Å². The number of rotatable bonds is 3. The van der Waals surface area contributed by atoms with E-state index < -0.39 is 0 Å². The van der Waals surface area contributed by atoms with Crippen molar-refractivity contribution in [2.75, 3.05) is 7.11 Å². The quantitative estimate of drug-likeness (QED) is 0.417. The van der Waals surface area contributed by atoms with E-state index in [1.807, 2.05) is 0 Å². The third-order valence-corrected chi connectivity index (χ3v) is 4.20. The molecule has 0 N–H and O–H groups in total. The van der Waals surface area contributed by atoms with Crippen LogP contribution in [0.15, 0.2) is 75.9 Å². The molecule has 25 heavy (non-hydrogen) atoms. The van der Waals surface area contributed by atoms with Crippen molar-refractivity contribution in [3.8, 4) is 5.75 Å². The SMILES string of the molecule is COc1ccccc1C(=O)c1cccc2c(=O)c3ccccc3oc12. The molecular weight excluding hydrogens is 316 g/mol. The van der Waals surface area contributed by atoms with E-state index in [0.29, 0.717) is 38.8 Å². The van der Waals surface area contributed by atoms with Gasteiger partial charge in [0.2, 0.25) is 11.2 Å². The van der Waals surface area contributed by atoms with Crippen LogP contribution in [0, 0.1) is 0 Å². The molecule has 4 heteroatoms. The number of ether oxygens (including phenoxy) is 1. The highest BCUT2D eigenvalue weighted by Gasteiger charge is 2.19. The average Bonchev–Trinajstić information content (AvgIpc) is 2.67. The minimum absolute atomic E-state index is 0.147. The van der Waals surface area contributed by atoms with E-state index in [1.54, 1.807) is 66.7 Å². The lowest BCUT2D eigenvalue weighted by Crippen LogP contribution is -2.08. The van der Waals surface area contributed by atoms with Crippen LogP contribution in [-0.4, -0.2) is 12.9 Å². The number of fused-ring (bicyclic) bond motifs is 2. The number of ketones is 1. The molecule has 0 spiro atoms. The molecular formula is C21H14O4. The molecule has 0 atom stereocenters. The summed E-state index contributed by atoms with van der Waals surface area (Å²) >= 11 is 0. The number of carbonyl (C=O) groups is 1. The Hall–Kier alpha value is -3.40. The van der Waals surface area contributed by atoms with Crippen LogP contribution in [0.25, 0.3) is 21.9 Å². The first-order valence-electron chi connectivity index (χ1n) is 7.83. The molecule has 0 amide bonds. The molecule has 0 bridgehead atoms. The Morgan fingerprint density at radius 1 is 0.840 bits per heavy atom. The zero-order chi connectivity index (χ0) is 17.4. The Morgan fingerprint density at radius 3 is 2.36 bits per heavy atom. The van der Waals surface area contributed by atoms with Gasteiger partial charge in [0.25, 0.3) is 0 Å². The lowest BCUT2D eigenvalue weighted by Gasteiger charge is -2.09. The molecule has 0 radical (unpaired) electrons. The van der Waals surface area contributed by atoms with Gasteiger partial charge in [-0.1, -0.05) is 30.3 Å². The van der Waals surface area contributed by atoms with Crippen LogP contribution in [0.5, 0.6) is 5.75 Å². The first-order chi connectivity index (χ1) is 12.2. The maximum absolute atomic E-state index is 13.0. The van der Waals surface area contributed by atoms with Crippen LogP contribution in [0.2, 0.25) is 0 Å². The van der Waals surface area contributed by atoms with Gasteiger partial charge in [-0.3, -0.25) is 9.59 Å². The number of para-hydroxylation sites is 3. The molecule has 4 aromatic rings. The van der Waals surface area contributed by atoms with Gasteiger partial charge in [-0.25, -0.2) is 0 Å². The van der Waals surface area contributed by atoms with Gasteiger partial charge in [-0.2, -0.15) is 0 Å². The summed E-state index contributed by atoms with van der Waals surface area (Å²) in [6.45, 7) is 0. The zero-order valence-corrected chi connectivity index (χ0v) is 13.5. The molecule has 0 aliphatic rings. The van der Waals surface area contributed by atoms with Gasteiger partial charge in [0.05, 0.1) is 29.0 Å². The van der Waals surface area contributed by atoms with Crippen LogP contribution in [0.3, 0.4) is 0 Å². The Kier molecular flexibility index (Phi) is 3.58. The fourth-order valence-electron chi connectivity index (χ4n) is 2.98. The lowest BCUT2D eigenvalue weighted by molar-refractivity contribution is 0.103. The summed E-state index contributed by atoms with van der Waals surface area (Å²) in [5, 5.41) is 0.885. The molecule has 0 aliphatic carbocycles. The van der Waals surface area contributed by atoms with E-state index in [-0.39, 0.29) is 11.2 Å². The van der Waals surface area contributed by atoms with Gasteiger partial charge in [0.15, 0.2) is 0 Å². The summed E-state index contributed by atoms with van der Waals surface area (Å²) in [6.07, 6.45) is 0. The normalized spacial score (nSPS) is 10.9. The maximum Gasteiger partial charge on any atom is 0.200 e. The lowest BCUT2D eigenvalue weighted by atomic mass is 9.99. The van der Waals surface area contributed by atoms with Crippen molar-refractivity contribution in [3.63, 3.8) is 0 Å². The van der Waals surface area contributed by atoms with Crippen molar-refractivity contribution in [3.05, 3.63) is 88.1 Å². The van der Waals surface area contributed by atoms with Crippen molar-refractivity contribution < 1.29 is 13.9 Å². The van der Waals surface area contributed by atoms with E-state index in [9.17, 15) is 9.59 Å². The highest BCUT2D eigenvalue weighted by atomic mass is 16.5. The number of hydrogen-bond acceptors (Lipinski definition) is 4. The largest absolute Gasteiger partial charge is 0.496 e. The van der Waals surface area contributed by atoms with Crippen molar-refractivity contribution in [1.82, 2.24) is 0 Å². The van der Waals surface area contributed by atoms with Crippen LogP contribution < -0.4 is 10.2 Å². The Morgan fingerprint density at radius 2 is 1.52 bits per heavy atom. The first-order valence-corrected chi connectivity index (χ1v) is 7.83. The van der Waals surface area contributed by atoms with Crippen molar-refractivity contribution in [2.24, 2.45) is 0 Å². The predicted molar refractivity (Wildman–Crippen MR) is 96.4 cm³/mol. The standard InChI is InChI=1S/C21H14O4/c1-24-17-11-4-2-7-13(17)19(22)15-9-6-10-16-20(23)14-8-3-5-12-18(14)25-21(15)16/h2-12H,1H3.